The largest absolute Gasteiger partial charge is 0.492 e. The summed E-state index contributed by atoms with van der Waals surface area (Å²) in [6.45, 7) is 4.49. The number of carbonyl (C=O) groups excluding carboxylic acids is 1. The van der Waals surface area contributed by atoms with Gasteiger partial charge in [0.25, 0.3) is 0 Å². The fraction of sp³-hybridized carbons (Fsp3) is 0.533. The van der Waals surface area contributed by atoms with Crippen molar-refractivity contribution in [1.29, 1.82) is 0 Å². The second-order valence-corrected chi connectivity index (χ2v) is 5.41. The highest BCUT2D eigenvalue weighted by Crippen LogP contribution is 2.28. The first-order valence-corrected chi connectivity index (χ1v) is 7.52. The number of piperidine rings is 1. The van der Waals surface area contributed by atoms with E-state index in [9.17, 15) is 4.79 Å². The molecule has 5 heteroatoms. The van der Waals surface area contributed by atoms with Gasteiger partial charge in [-0.3, -0.25) is 4.79 Å². The monoisotopic (exact) mass is 296 g/mol. The van der Waals surface area contributed by atoms with E-state index in [0.717, 1.165) is 38.0 Å². The molecule has 1 amide bonds. The first-order valence-electron chi connectivity index (χ1n) is 7.14. The molecule has 1 aliphatic rings. The van der Waals surface area contributed by atoms with Gasteiger partial charge in [-0.15, -0.1) is 0 Å². The van der Waals surface area contributed by atoms with Crippen LogP contribution in [0, 0.1) is 5.92 Å². The Labute approximate surface area is 124 Å². The van der Waals surface area contributed by atoms with Crippen LogP contribution in [0.1, 0.15) is 26.2 Å². The number of nitrogens with one attached hydrogen (secondary N) is 2. The first-order chi connectivity index (χ1) is 9.70. The number of benzene rings is 1. The van der Waals surface area contributed by atoms with Crippen molar-refractivity contribution in [2.24, 2.45) is 5.92 Å². The van der Waals surface area contributed by atoms with Crippen LogP contribution in [0.4, 0.5) is 5.69 Å². The Morgan fingerprint density at radius 2 is 2.20 bits per heavy atom. The summed E-state index contributed by atoms with van der Waals surface area (Å²) in [5, 5.41) is 6.71. The van der Waals surface area contributed by atoms with Gasteiger partial charge in [0.1, 0.15) is 5.75 Å². The lowest BCUT2D eigenvalue weighted by atomic mass is 9.97. The number of halogens is 1. The summed E-state index contributed by atoms with van der Waals surface area (Å²) in [5.74, 6) is 0.823. The predicted molar refractivity (Wildman–Crippen MR) is 81.5 cm³/mol. The molecule has 1 heterocycles. The number of hydrogen-bond acceptors (Lipinski definition) is 3. The minimum atomic E-state index is 0.0739. The molecule has 1 aromatic rings. The van der Waals surface area contributed by atoms with E-state index in [-0.39, 0.29) is 11.8 Å². The molecule has 0 spiro atoms. The van der Waals surface area contributed by atoms with E-state index in [0.29, 0.717) is 17.4 Å². The third-order valence-corrected chi connectivity index (χ3v) is 3.67. The van der Waals surface area contributed by atoms with Crippen LogP contribution in [0.2, 0.25) is 5.02 Å². The highest BCUT2D eigenvalue weighted by molar-refractivity contribution is 6.32. The van der Waals surface area contributed by atoms with Crippen LogP contribution >= 0.6 is 11.6 Å². The van der Waals surface area contributed by atoms with Crippen LogP contribution in [-0.4, -0.2) is 25.6 Å². The number of amides is 1. The standard InChI is InChI=1S/C15H21ClN2O2/c1-2-9-20-14-4-3-12(10-13(14)16)18-15(19)11-5-7-17-8-6-11/h3-4,10-11,17H,2,5-9H2,1H3,(H,18,19). The molecule has 2 N–H and O–H groups in total. The summed E-state index contributed by atoms with van der Waals surface area (Å²) in [6, 6.07) is 5.37. The topological polar surface area (TPSA) is 50.4 Å². The van der Waals surface area contributed by atoms with Crippen molar-refractivity contribution < 1.29 is 9.53 Å². The second kappa shape index (κ2) is 7.50. The molecule has 20 heavy (non-hydrogen) atoms. The molecule has 0 radical (unpaired) electrons. The Balaban J connectivity index is 1.95. The first kappa shape index (κ1) is 15.1. The van der Waals surface area contributed by atoms with Gasteiger partial charge < -0.3 is 15.4 Å². The molecule has 1 fully saturated rings. The van der Waals surface area contributed by atoms with Gasteiger partial charge in [0.05, 0.1) is 11.6 Å². The average molecular weight is 297 g/mol. The van der Waals surface area contributed by atoms with Crippen LogP contribution in [-0.2, 0) is 4.79 Å². The number of rotatable bonds is 5. The van der Waals surface area contributed by atoms with E-state index in [1.165, 1.54) is 0 Å². The molecule has 0 aliphatic carbocycles. The van der Waals surface area contributed by atoms with Gasteiger partial charge in [-0.05, 0) is 50.6 Å². The molecule has 2 rings (SSSR count). The van der Waals surface area contributed by atoms with E-state index in [1.54, 1.807) is 12.1 Å². The predicted octanol–water partition coefficient (Wildman–Crippen LogP) is 3.07. The zero-order valence-corrected chi connectivity index (χ0v) is 12.5. The van der Waals surface area contributed by atoms with Crippen molar-refractivity contribution in [3.05, 3.63) is 23.2 Å². The van der Waals surface area contributed by atoms with Crippen molar-refractivity contribution >= 4 is 23.2 Å². The Morgan fingerprint density at radius 3 is 2.85 bits per heavy atom. The van der Waals surface area contributed by atoms with E-state index in [4.69, 9.17) is 16.3 Å². The van der Waals surface area contributed by atoms with Gasteiger partial charge >= 0.3 is 0 Å². The molecule has 1 aliphatic heterocycles. The minimum absolute atomic E-state index is 0.0739. The average Bonchev–Trinajstić information content (AvgIpc) is 2.47. The molecule has 4 nitrogen and oxygen atoms in total. The molecule has 110 valence electrons. The van der Waals surface area contributed by atoms with Crippen LogP contribution < -0.4 is 15.4 Å². The number of anilines is 1. The molecule has 1 saturated heterocycles. The van der Waals surface area contributed by atoms with Crippen LogP contribution in [0.3, 0.4) is 0 Å². The Morgan fingerprint density at radius 1 is 1.45 bits per heavy atom. The molecule has 1 aromatic carbocycles. The summed E-state index contributed by atoms with van der Waals surface area (Å²) in [7, 11) is 0. The van der Waals surface area contributed by atoms with Gasteiger partial charge in [0, 0.05) is 11.6 Å². The van der Waals surface area contributed by atoms with Gasteiger partial charge in [0.15, 0.2) is 0 Å². The SMILES string of the molecule is CCCOc1ccc(NC(=O)C2CCNCC2)cc1Cl. The number of carbonyl (C=O) groups is 1. The molecular weight excluding hydrogens is 276 g/mol. The third-order valence-electron chi connectivity index (χ3n) is 3.37. The molecule has 0 saturated carbocycles. The quantitative estimate of drug-likeness (QED) is 0.878. The Bertz CT molecular complexity index is 459. The van der Waals surface area contributed by atoms with E-state index in [2.05, 4.69) is 10.6 Å². The highest BCUT2D eigenvalue weighted by Gasteiger charge is 2.21. The van der Waals surface area contributed by atoms with Crippen molar-refractivity contribution in [1.82, 2.24) is 5.32 Å². The lowest BCUT2D eigenvalue weighted by Gasteiger charge is -2.21. The highest BCUT2D eigenvalue weighted by atomic mass is 35.5. The maximum Gasteiger partial charge on any atom is 0.227 e. The number of hydrogen-bond donors (Lipinski definition) is 2. The zero-order chi connectivity index (χ0) is 14.4. The normalized spacial score (nSPS) is 15.9. The van der Waals surface area contributed by atoms with Crippen LogP contribution in [0.15, 0.2) is 18.2 Å². The van der Waals surface area contributed by atoms with Crippen LogP contribution in [0.5, 0.6) is 5.75 Å². The fourth-order valence-electron chi connectivity index (χ4n) is 2.24. The maximum atomic E-state index is 12.1. The minimum Gasteiger partial charge on any atom is -0.492 e. The number of ether oxygens (including phenoxy) is 1. The van der Waals surface area contributed by atoms with Gasteiger partial charge in [-0.25, -0.2) is 0 Å². The summed E-state index contributed by atoms with van der Waals surface area (Å²) >= 11 is 6.15. The molecule has 0 bridgehead atoms. The van der Waals surface area contributed by atoms with Crippen molar-refractivity contribution in [3.8, 4) is 5.75 Å². The lowest BCUT2D eigenvalue weighted by molar-refractivity contribution is -0.120. The Hall–Kier alpha value is -1.26. The second-order valence-electron chi connectivity index (χ2n) is 5.01. The van der Waals surface area contributed by atoms with Gasteiger partial charge in [-0.2, -0.15) is 0 Å². The summed E-state index contributed by atoms with van der Waals surface area (Å²) < 4.78 is 5.51. The maximum absolute atomic E-state index is 12.1. The van der Waals surface area contributed by atoms with Crippen LogP contribution in [0.25, 0.3) is 0 Å². The van der Waals surface area contributed by atoms with E-state index < -0.39 is 0 Å². The fourth-order valence-corrected chi connectivity index (χ4v) is 2.47. The van der Waals surface area contributed by atoms with Gasteiger partial charge in [0.2, 0.25) is 5.91 Å². The molecule has 0 aromatic heterocycles. The van der Waals surface area contributed by atoms with E-state index >= 15 is 0 Å². The third kappa shape index (κ3) is 4.12. The van der Waals surface area contributed by atoms with Crippen molar-refractivity contribution in [3.63, 3.8) is 0 Å². The van der Waals surface area contributed by atoms with Gasteiger partial charge in [-0.1, -0.05) is 18.5 Å². The van der Waals surface area contributed by atoms with Crippen molar-refractivity contribution in [2.45, 2.75) is 26.2 Å². The molecular formula is C15H21ClN2O2. The summed E-state index contributed by atoms with van der Waals surface area (Å²) in [6.07, 6.45) is 2.71. The zero-order valence-electron chi connectivity index (χ0n) is 11.7. The lowest BCUT2D eigenvalue weighted by Crippen LogP contribution is -2.34. The summed E-state index contributed by atoms with van der Waals surface area (Å²) in [5.41, 5.74) is 0.724. The molecule has 0 atom stereocenters. The smallest absolute Gasteiger partial charge is 0.227 e. The van der Waals surface area contributed by atoms with Crippen molar-refractivity contribution in [2.75, 3.05) is 25.0 Å². The summed E-state index contributed by atoms with van der Waals surface area (Å²) in [4.78, 5) is 12.1. The van der Waals surface area contributed by atoms with E-state index in [1.807, 2.05) is 13.0 Å². The Kier molecular flexibility index (Phi) is 5.68. The molecule has 0 unspecified atom stereocenters.